The van der Waals surface area contributed by atoms with Crippen molar-refractivity contribution in [2.75, 3.05) is 14.1 Å². The monoisotopic (exact) mass is 176 g/mol. The molecule has 0 aliphatic heterocycles. The van der Waals surface area contributed by atoms with E-state index >= 15 is 0 Å². The molecule has 0 unspecified atom stereocenters. The number of hydrogen-bond acceptors (Lipinski definition) is 2. The third-order valence-corrected chi connectivity index (χ3v) is 1.71. The third kappa shape index (κ3) is 2.15. The van der Waals surface area contributed by atoms with Crippen molar-refractivity contribution in [2.45, 2.75) is 0 Å². The first kappa shape index (κ1) is 9.45. The van der Waals surface area contributed by atoms with Crippen LogP contribution in [0.25, 0.3) is 0 Å². The van der Waals surface area contributed by atoms with Crippen molar-refractivity contribution in [3.05, 3.63) is 35.9 Å². The van der Waals surface area contributed by atoms with Crippen LogP contribution >= 0.6 is 0 Å². The van der Waals surface area contributed by atoms with Crippen LogP contribution in [0, 0.1) is 0 Å². The Morgan fingerprint density at radius 3 is 2.38 bits per heavy atom. The topological polar surface area (TPSA) is 41.5 Å². The number of likely N-dealkylation sites (N-methyl/N-ethyl adjacent to an activating group) is 1. The van der Waals surface area contributed by atoms with E-state index in [4.69, 9.17) is 0 Å². The molecule has 1 aromatic rings. The average Bonchev–Trinajstić information content (AvgIpc) is 2.20. The van der Waals surface area contributed by atoms with Crippen LogP contribution in [0.5, 0.6) is 0 Å². The van der Waals surface area contributed by atoms with Crippen LogP contribution in [0.2, 0.25) is 0 Å². The molecule has 3 nitrogen and oxygen atoms in total. The van der Waals surface area contributed by atoms with Crippen LogP contribution < -0.4 is 5.32 Å². The molecule has 1 amide bonds. The maximum atomic E-state index is 11.3. The lowest BCUT2D eigenvalue weighted by Crippen LogP contribution is -2.28. The van der Waals surface area contributed by atoms with Crippen LogP contribution in [0.15, 0.2) is 35.3 Å². The minimum atomic E-state index is -0.159. The second kappa shape index (κ2) is 4.40. The van der Waals surface area contributed by atoms with Gasteiger partial charge in [0.2, 0.25) is 0 Å². The summed E-state index contributed by atoms with van der Waals surface area (Å²) < 4.78 is 0. The molecule has 0 atom stereocenters. The molecule has 1 rings (SSSR count). The fraction of sp³-hybridized carbons (Fsp3) is 0.200. The number of benzene rings is 1. The maximum Gasteiger partial charge on any atom is 0.269 e. The van der Waals surface area contributed by atoms with Crippen molar-refractivity contribution in [2.24, 2.45) is 4.99 Å². The Bertz CT molecular complexity index is 317. The van der Waals surface area contributed by atoms with Crippen LogP contribution in [0.4, 0.5) is 0 Å². The highest BCUT2D eigenvalue weighted by Crippen LogP contribution is 2.00. The summed E-state index contributed by atoms with van der Waals surface area (Å²) in [5.41, 5.74) is 1.30. The number of aliphatic imine (C=N–C) groups is 1. The van der Waals surface area contributed by atoms with Gasteiger partial charge in [-0.15, -0.1) is 0 Å². The van der Waals surface area contributed by atoms with E-state index < -0.39 is 0 Å². The second-order valence-corrected chi connectivity index (χ2v) is 2.52. The molecule has 0 radical (unpaired) electrons. The Balaban J connectivity index is 3.00. The zero-order valence-electron chi connectivity index (χ0n) is 7.74. The van der Waals surface area contributed by atoms with Crippen LogP contribution in [-0.2, 0) is 4.79 Å². The number of carbonyl (C=O) groups is 1. The van der Waals surface area contributed by atoms with Gasteiger partial charge in [-0.05, 0) is 0 Å². The SMILES string of the molecule is C/N=C(\C(=O)NC)c1ccccc1. The summed E-state index contributed by atoms with van der Waals surface area (Å²) in [5.74, 6) is -0.159. The third-order valence-electron chi connectivity index (χ3n) is 1.71. The van der Waals surface area contributed by atoms with Crippen molar-refractivity contribution in [1.82, 2.24) is 5.32 Å². The fourth-order valence-electron chi connectivity index (χ4n) is 1.08. The van der Waals surface area contributed by atoms with Crippen LogP contribution in [-0.4, -0.2) is 25.7 Å². The van der Waals surface area contributed by atoms with Crippen molar-refractivity contribution >= 4 is 11.6 Å². The lowest BCUT2D eigenvalue weighted by molar-refractivity contribution is -0.114. The molecule has 0 saturated carbocycles. The quantitative estimate of drug-likeness (QED) is 0.667. The smallest absolute Gasteiger partial charge is 0.269 e. The summed E-state index contributed by atoms with van der Waals surface area (Å²) >= 11 is 0. The highest BCUT2D eigenvalue weighted by Gasteiger charge is 2.09. The van der Waals surface area contributed by atoms with Gasteiger partial charge in [0.15, 0.2) is 0 Å². The summed E-state index contributed by atoms with van der Waals surface area (Å²) in [6.45, 7) is 0. The second-order valence-electron chi connectivity index (χ2n) is 2.52. The summed E-state index contributed by atoms with van der Waals surface area (Å²) in [5, 5.41) is 2.54. The van der Waals surface area contributed by atoms with Gasteiger partial charge in [0.05, 0.1) is 0 Å². The molecule has 1 aromatic carbocycles. The molecule has 0 fully saturated rings. The zero-order valence-corrected chi connectivity index (χ0v) is 7.74. The van der Waals surface area contributed by atoms with E-state index in [-0.39, 0.29) is 5.91 Å². The van der Waals surface area contributed by atoms with E-state index in [0.717, 1.165) is 5.56 Å². The predicted octanol–water partition coefficient (Wildman–Crippen LogP) is 0.851. The average molecular weight is 176 g/mol. The molecule has 0 saturated heterocycles. The largest absolute Gasteiger partial charge is 0.354 e. The van der Waals surface area contributed by atoms with E-state index in [1.54, 1.807) is 14.1 Å². The van der Waals surface area contributed by atoms with Crippen molar-refractivity contribution in [3.63, 3.8) is 0 Å². The number of nitrogens with one attached hydrogen (secondary N) is 1. The van der Waals surface area contributed by atoms with Gasteiger partial charge in [0, 0.05) is 19.7 Å². The van der Waals surface area contributed by atoms with Crippen LogP contribution in [0.1, 0.15) is 5.56 Å². The summed E-state index contributed by atoms with van der Waals surface area (Å²) in [7, 11) is 3.20. The predicted molar refractivity (Wildman–Crippen MR) is 53.0 cm³/mol. The Kier molecular flexibility index (Phi) is 3.20. The summed E-state index contributed by atoms with van der Waals surface area (Å²) in [6, 6.07) is 9.38. The van der Waals surface area contributed by atoms with Gasteiger partial charge in [-0.1, -0.05) is 30.3 Å². The molecule has 0 bridgehead atoms. The molecule has 0 aromatic heterocycles. The van der Waals surface area contributed by atoms with E-state index in [0.29, 0.717) is 5.71 Å². The Morgan fingerprint density at radius 2 is 1.92 bits per heavy atom. The Morgan fingerprint density at radius 1 is 1.31 bits per heavy atom. The molecule has 0 aliphatic carbocycles. The summed E-state index contributed by atoms with van der Waals surface area (Å²) in [6.07, 6.45) is 0. The lowest BCUT2D eigenvalue weighted by Gasteiger charge is -2.02. The Hall–Kier alpha value is -1.64. The highest BCUT2D eigenvalue weighted by atomic mass is 16.1. The molecule has 3 heteroatoms. The van der Waals surface area contributed by atoms with Gasteiger partial charge >= 0.3 is 0 Å². The standard InChI is InChI=1S/C10H12N2O/c1-11-9(10(13)12-2)8-6-4-3-5-7-8/h3-7H,1-2H3,(H,12,13)/b11-9-. The molecule has 0 aliphatic rings. The lowest BCUT2D eigenvalue weighted by atomic mass is 10.1. The minimum Gasteiger partial charge on any atom is -0.354 e. The molecule has 0 spiro atoms. The number of hydrogen-bond donors (Lipinski definition) is 1. The molecule has 13 heavy (non-hydrogen) atoms. The van der Waals surface area contributed by atoms with Gasteiger partial charge < -0.3 is 5.32 Å². The van der Waals surface area contributed by atoms with Gasteiger partial charge in [0.1, 0.15) is 5.71 Å². The molecule has 0 heterocycles. The first-order valence-corrected chi connectivity index (χ1v) is 4.04. The highest BCUT2D eigenvalue weighted by molar-refractivity contribution is 6.45. The first-order valence-electron chi connectivity index (χ1n) is 4.04. The van der Waals surface area contributed by atoms with Gasteiger partial charge in [-0.2, -0.15) is 0 Å². The maximum absolute atomic E-state index is 11.3. The number of rotatable bonds is 2. The number of nitrogens with zero attached hydrogens (tertiary/aromatic N) is 1. The van der Waals surface area contributed by atoms with Crippen molar-refractivity contribution in [1.29, 1.82) is 0 Å². The summed E-state index contributed by atoms with van der Waals surface area (Å²) in [4.78, 5) is 15.2. The normalized spacial score (nSPS) is 11.1. The molecular formula is C10H12N2O. The Labute approximate surface area is 77.5 Å². The zero-order chi connectivity index (χ0) is 9.68. The number of carbonyl (C=O) groups excluding carboxylic acids is 1. The molecule has 68 valence electrons. The first-order chi connectivity index (χ1) is 6.29. The molecule has 1 N–H and O–H groups in total. The number of amides is 1. The van der Waals surface area contributed by atoms with Crippen LogP contribution in [0.3, 0.4) is 0 Å². The van der Waals surface area contributed by atoms with E-state index in [1.165, 1.54) is 0 Å². The van der Waals surface area contributed by atoms with Gasteiger partial charge in [-0.25, -0.2) is 0 Å². The fourth-order valence-corrected chi connectivity index (χ4v) is 1.08. The van der Waals surface area contributed by atoms with Crippen molar-refractivity contribution in [3.8, 4) is 0 Å². The van der Waals surface area contributed by atoms with E-state index in [2.05, 4.69) is 10.3 Å². The van der Waals surface area contributed by atoms with E-state index in [9.17, 15) is 4.79 Å². The molecular weight excluding hydrogens is 164 g/mol. The van der Waals surface area contributed by atoms with E-state index in [1.807, 2.05) is 30.3 Å². The minimum absolute atomic E-state index is 0.159. The van der Waals surface area contributed by atoms with Gasteiger partial charge in [-0.3, -0.25) is 9.79 Å². The van der Waals surface area contributed by atoms with Crippen molar-refractivity contribution < 1.29 is 4.79 Å². The van der Waals surface area contributed by atoms with Gasteiger partial charge in [0.25, 0.3) is 5.91 Å².